The van der Waals surface area contributed by atoms with Gasteiger partial charge in [-0.25, -0.2) is 0 Å². The van der Waals surface area contributed by atoms with Crippen molar-refractivity contribution in [1.29, 1.82) is 0 Å². The molecule has 1 saturated carbocycles. The average molecular weight is 275 g/mol. The molecule has 0 unspecified atom stereocenters. The van der Waals surface area contributed by atoms with Gasteiger partial charge in [-0.2, -0.15) is 0 Å². The molecule has 110 valence electrons. The summed E-state index contributed by atoms with van der Waals surface area (Å²) < 4.78 is 0. The fraction of sp³-hybridized carbons (Fsp3) is 0.562. The van der Waals surface area contributed by atoms with Gasteiger partial charge in [0, 0.05) is 18.3 Å². The number of amides is 1. The molecule has 0 aromatic heterocycles. The average Bonchev–Trinajstić information content (AvgIpc) is 2.42. The largest absolute Gasteiger partial charge is 0.398 e. The number of para-hydroxylation sites is 1. The van der Waals surface area contributed by atoms with Crippen molar-refractivity contribution in [3.8, 4) is 0 Å². The summed E-state index contributed by atoms with van der Waals surface area (Å²) in [5.41, 5.74) is 7.78. The molecule has 1 fully saturated rings. The third-order valence-corrected chi connectivity index (χ3v) is 3.88. The van der Waals surface area contributed by atoms with Crippen LogP contribution in [0.25, 0.3) is 0 Å². The summed E-state index contributed by atoms with van der Waals surface area (Å²) in [5, 5.41) is 3.14. The van der Waals surface area contributed by atoms with E-state index in [9.17, 15) is 4.79 Å². The number of benzene rings is 1. The third kappa shape index (κ3) is 4.53. The normalized spacial score (nSPS) is 16.3. The monoisotopic (exact) mass is 275 g/mol. The van der Waals surface area contributed by atoms with Crippen LogP contribution in [0.5, 0.6) is 0 Å². The number of anilines is 1. The molecule has 0 saturated heterocycles. The van der Waals surface area contributed by atoms with Gasteiger partial charge in [-0.1, -0.05) is 37.5 Å². The van der Waals surface area contributed by atoms with Crippen LogP contribution in [0.2, 0.25) is 0 Å². The van der Waals surface area contributed by atoms with Crippen LogP contribution < -0.4 is 11.1 Å². The second-order valence-electron chi connectivity index (χ2n) is 5.77. The second-order valence-corrected chi connectivity index (χ2v) is 5.77. The first kappa shape index (κ1) is 14.9. The number of likely N-dealkylation sites (N-methyl/N-ethyl adjacent to an activating group) is 1. The van der Waals surface area contributed by atoms with Gasteiger partial charge in [0.25, 0.3) is 0 Å². The summed E-state index contributed by atoms with van der Waals surface area (Å²) in [6.45, 7) is 1.12. The number of nitrogens with two attached hydrogens (primary N) is 1. The SMILES string of the molecule is CN(CC(=O)NC1CCCCC1)Cc1ccccc1N. The maximum absolute atomic E-state index is 12.0. The maximum Gasteiger partial charge on any atom is 0.234 e. The molecule has 0 bridgehead atoms. The number of nitrogens with one attached hydrogen (secondary N) is 1. The highest BCUT2D eigenvalue weighted by Gasteiger charge is 2.16. The Kier molecular flexibility index (Phi) is 5.41. The van der Waals surface area contributed by atoms with Crippen LogP contribution in [0.1, 0.15) is 37.7 Å². The Bertz CT molecular complexity index is 441. The van der Waals surface area contributed by atoms with Gasteiger partial charge >= 0.3 is 0 Å². The molecular weight excluding hydrogens is 250 g/mol. The fourth-order valence-electron chi connectivity index (χ4n) is 2.79. The van der Waals surface area contributed by atoms with E-state index in [2.05, 4.69) is 5.32 Å². The lowest BCUT2D eigenvalue weighted by Crippen LogP contribution is -2.41. The van der Waals surface area contributed by atoms with Crippen LogP contribution >= 0.6 is 0 Å². The first-order chi connectivity index (χ1) is 9.65. The van der Waals surface area contributed by atoms with Crippen molar-refractivity contribution in [3.05, 3.63) is 29.8 Å². The van der Waals surface area contributed by atoms with Gasteiger partial charge in [0.15, 0.2) is 0 Å². The Labute approximate surface area is 121 Å². The van der Waals surface area contributed by atoms with Crippen LogP contribution in [0.4, 0.5) is 5.69 Å². The summed E-state index contributed by atoms with van der Waals surface area (Å²) in [5.74, 6) is 0.119. The lowest BCUT2D eigenvalue weighted by atomic mass is 9.95. The zero-order valence-electron chi connectivity index (χ0n) is 12.3. The van der Waals surface area contributed by atoms with Crippen molar-refractivity contribution < 1.29 is 4.79 Å². The van der Waals surface area contributed by atoms with Crippen molar-refractivity contribution >= 4 is 11.6 Å². The third-order valence-electron chi connectivity index (χ3n) is 3.88. The van der Waals surface area contributed by atoms with Crippen LogP contribution in [0.15, 0.2) is 24.3 Å². The van der Waals surface area contributed by atoms with Crippen molar-refractivity contribution in [3.63, 3.8) is 0 Å². The van der Waals surface area contributed by atoms with E-state index in [0.29, 0.717) is 19.1 Å². The predicted molar refractivity (Wildman–Crippen MR) is 82.2 cm³/mol. The zero-order valence-corrected chi connectivity index (χ0v) is 12.3. The van der Waals surface area contributed by atoms with E-state index < -0.39 is 0 Å². The molecule has 1 aliphatic rings. The Hall–Kier alpha value is -1.55. The first-order valence-electron chi connectivity index (χ1n) is 7.46. The topological polar surface area (TPSA) is 58.4 Å². The molecule has 0 radical (unpaired) electrons. The molecule has 4 nitrogen and oxygen atoms in total. The highest BCUT2D eigenvalue weighted by Crippen LogP contribution is 2.17. The minimum Gasteiger partial charge on any atom is -0.398 e. The molecule has 1 aromatic rings. The summed E-state index contributed by atoms with van der Waals surface area (Å²) in [4.78, 5) is 14.0. The molecule has 1 aliphatic carbocycles. The van der Waals surface area contributed by atoms with Gasteiger partial charge in [-0.05, 0) is 31.5 Å². The molecule has 0 atom stereocenters. The lowest BCUT2D eigenvalue weighted by molar-refractivity contribution is -0.123. The van der Waals surface area contributed by atoms with E-state index in [4.69, 9.17) is 5.73 Å². The van der Waals surface area contributed by atoms with Gasteiger partial charge in [0.1, 0.15) is 0 Å². The molecule has 0 spiro atoms. The minimum absolute atomic E-state index is 0.119. The van der Waals surface area contributed by atoms with E-state index in [0.717, 1.165) is 24.1 Å². The van der Waals surface area contributed by atoms with Gasteiger partial charge in [-0.15, -0.1) is 0 Å². The van der Waals surface area contributed by atoms with Gasteiger partial charge in [0.2, 0.25) is 5.91 Å². The van der Waals surface area contributed by atoms with Crippen molar-refractivity contribution in [2.75, 3.05) is 19.3 Å². The molecule has 2 rings (SSSR count). The lowest BCUT2D eigenvalue weighted by Gasteiger charge is -2.24. The number of carbonyl (C=O) groups excluding carboxylic acids is 1. The summed E-state index contributed by atoms with van der Waals surface area (Å²) in [7, 11) is 1.95. The maximum atomic E-state index is 12.0. The molecular formula is C16H25N3O. The van der Waals surface area contributed by atoms with Crippen molar-refractivity contribution in [1.82, 2.24) is 10.2 Å². The van der Waals surface area contributed by atoms with Gasteiger partial charge in [0.05, 0.1) is 6.54 Å². The van der Waals surface area contributed by atoms with E-state index in [1.54, 1.807) is 0 Å². The van der Waals surface area contributed by atoms with Crippen LogP contribution in [0.3, 0.4) is 0 Å². The standard InChI is InChI=1S/C16H25N3O/c1-19(11-13-7-5-6-10-15(13)17)12-16(20)18-14-8-3-2-4-9-14/h5-7,10,14H,2-4,8-9,11-12,17H2,1H3,(H,18,20). The van der Waals surface area contributed by atoms with E-state index in [1.165, 1.54) is 19.3 Å². The molecule has 3 N–H and O–H groups in total. The molecule has 1 amide bonds. The van der Waals surface area contributed by atoms with Crippen molar-refractivity contribution in [2.24, 2.45) is 0 Å². The summed E-state index contributed by atoms with van der Waals surface area (Å²) in [6.07, 6.45) is 6.03. The highest BCUT2D eigenvalue weighted by molar-refractivity contribution is 5.78. The molecule has 20 heavy (non-hydrogen) atoms. The summed E-state index contributed by atoms with van der Waals surface area (Å²) in [6, 6.07) is 8.18. The smallest absolute Gasteiger partial charge is 0.234 e. The van der Waals surface area contributed by atoms with Gasteiger partial charge in [-0.3, -0.25) is 9.69 Å². The number of hydrogen-bond acceptors (Lipinski definition) is 3. The molecule has 0 heterocycles. The Balaban J connectivity index is 1.77. The van der Waals surface area contributed by atoms with Gasteiger partial charge < -0.3 is 11.1 Å². The minimum atomic E-state index is 0.119. The number of nitrogen functional groups attached to an aromatic ring is 1. The number of nitrogens with zero attached hydrogens (tertiary/aromatic N) is 1. The Morgan fingerprint density at radius 2 is 2.00 bits per heavy atom. The van der Waals surface area contributed by atoms with Crippen LogP contribution in [-0.4, -0.2) is 30.4 Å². The Morgan fingerprint density at radius 3 is 2.70 bits per heavy atom. The Morgan fingerprint density at radius 1 is 1.30 bits per heavy atom. The molecule has 4 heteroatoms. The van der Waals surface area contributed by atoms with Crippen LogP contribution in [-0.2, 0) is 11.3 Å². The zero-order chi connectivity index (χ0) is 14.4. The molecule has 0 aliphatic heterocycles. The van der Waals surface area contributed by atoms with Crippen molar-refractivity contribution in [2.45, 2.75) is 44.7 Å². The van der Waals surface area contributed by atoms with E-state index in [1.807, 2.05) is 36.2 Å². The highest BCUT2D eigenvalue weighted by atomic mass is 16.2. The predicted octanol–water partition coefficient (Wildman–Crippen LogP) is 2.15. The van der Waals surface area contributed by atoms with Crippen LogP contribution in [0, 0.1) is 0 Å². The van der Waals surface area contributed by atoms with E-state index >= 15 is 0 Å². The first-order valence-corrected chi connectivity index (χ1v) is 7.46. The number of hydrogen-bond donors (Lipinski definition) is 2. The summed E-state index contributed by atoms with van der Waals surface area (Å²) >= 11 is 0. The number of rotatable bonds is 5. The second kappa shape index (κ2) is 7.29. The fourth-order valence-corrected chi connectivity index (χ4v) is 2.79. The molecule has 1 aromatic carbocycles. The number of carbonyl (C=O) groups is 1. The van der Waals surface area contributed by atoms with E-state index in [-0.39, 0.29) is 5.91 Å². The quantitative estimate of drug-likeness (QED) is 0.810.